The number of hydrogen-bond acceptors (Lipinski definition) is 4. The average molecular weight is 392 g/mol. The molecule has 0 saturated carbocycles. The van der Waals surface area contributed by atoms with Crippen molar-refractivity contribution in [2.75, 3.05) is 17.2 Å². The molecule has 26 heavy (non-hydrogen) atoms. The van der Waals surface area contributed by atoms with Gasteiger partial charge in [-0.1, -0.05) is 30.0 Å². The fraction of sp³-hybridized carbons (Fsp3) is 0.188. The van der Waals surface area contributed by atoms with Gasteiger partial charge in [0.15, 0.2) is 0 Å². The Balaban J connectivity index is 1.94. The van der Waals surface area contributed by atoms with E-state index in [0.29, 0.717) is 11.8 Å². The van der Waals surface area contributed by atoms with Crippen LogP contribution in [0.5, 0.6) is 5.75 Å². The smallest absolute Gasteiger partial charge is 0.406 e. The number of halogens is 5. The van der Waals surface area contributed by atoms with Crippen LogP contribution in [0.15, 0.2) is 53.4 Å². The zero-order chi connectivity index (χ0) is 19.2. The maximum absolute atomic E-state index is 12.5. The van der Waals surface area contributed by atoms with Gasteiger partial charge < -0.3 is 15.4 Å². The van der Waals surface area contributed by atoms with E-state index in [4.69, 9.17) is 0 Å². The van der Waals surface area contributed by atoms with E-state index in [1.165, 1.54) is 24.3 Å². The molecule has 0 heterocycles. The second kappa shape index (κ2) is 8.75. The number of amides is 1. The van der Waals surface area contributed by atoms with E-state index in [0.717, 1.165) is 12.1 Å². The lowest BCUT2D eigenvalue weighted by molar-refractivity contribution is -0.274. The summed E-state index contributed by atoms with van der Waals surface area (Å²) >= 11 is 0.297. The number of para-hydroxylation sites is 1. The summed E-state index contributed by atoms with van der Waals surface area (Å²) in [6.45, 7) is -0.275. The summed E-state index contributed by atoms with van der Waals surface area (Å²) in [5, 5.41) is 5.11. The van der Waals surface area contributed by atoms with Gasteiger partial charge in [0.25, 0.3) is 5.76 Å². The first kappa shape index (κ1) is 19.8. The summed E-state index contributed by atoms with van der Waals surface area (Å²) in [6.07, 6.45) is -4.82. The van der Waals surface area contributed by atoms with Crippen LogP contribution in [-0.2, 0) is 4.79 Å². The van der Waals surface area contributed by atoms with Crippen LogP contribution in [0.3, 0.4) is 0 Å². The minimum absolute atomic E-state index is 0.205. The molecule has 0 fully saturated rings. The predicted molar refractivity (Wildman–Crippen MR) is 88.5 cm³/mol. The number of carbonyl (C=O) groups excluding carboxylic acids is 1. The molecule has 10 heteroatoms. The number of alkyl halides is 5. The maximum Gasteiger partial charge on any atom is 0.573 e. The van der Waals surface area contributed by atoms with Gasteiger partial charge in [0.2, 0.25) is 5.91 Å². The number of carbonyl (C=O) groups is 1. The zero-order valence-corrected chi connectivity index (χ0v) is 13.8. The fourth-order valence-electron chi connectivity index (χ4n) is 1.95. The van der Waals surface area contributed by atoms with E-state index in [9.17, 15) is 26.7 Å². The minimum atomic E-state index is -4.82. The Labute approximate surface area is 149 Å². The quantitative estimate of drug-likeness (QED) is 0.517. The van der Waals surface area contributed by atoms with Gasteiger partial charge in [0, 0.05) is 16.6 Å². The topological polar surface area (TPSA) is 50.4 Å². The van der Waals surface area contributed by atoms with E-state index < -0.39 is 23.8 Å². The highest BCUT2D eigenvalue weighted by Crippen LogP contribution is 2.31. The first-order valence-corrected chi connectivity index (χ1v) is 8.04. The second-order valence-electron chi connectivity index (χ2n) is 4.85. The van der Waals surface area contributed by atoms with Gasteiger partial charge in [-0.15, -0.1) is 13.2 Å². The van der Waals surface area contributed by atoms with Crippen LogP contribution in [0, 0.1) is 0 Å². The van der Waals surface area contributed by atoms with E-state index in [1.54, 1.807) is 12.1 Å². The third kappa shape index (κ3) is 6.79. The standard InChI is InChI=1S/C16H13F5N2O2S/c17-15(18)26-13-7-2-1-6-12(13)23-14(24)9-22-10-4-3-5-11(8-10)25-16(19,20)21/h1-8,15,22H,9H2,(H,23,24). The van der Waals surface area contributed by atoms with E-state index >= 15 is 0 Å². The van der Waals surface area contributed by atoms with Crippen LogP contribution in [0.4, 0.5) is 33.3 Å². The first-order chi connectivity index (χ1) is 12.2. The molecule has 0 aliphatic rings. The summed E-state index contributed by atoms with van der Waals surface area (Å²) in [7, 11) is 0. The van der Waals surface area contributed by atoms with Gasteiger partial charge in [-0.25, -0.2) is 0 Å². The van der Waals surface area contributed by atoms with Crippen molar-refractivity contribution in [2.24, 2.45) is 0 Å². The summed E-state index contributed by atoms with van der Waals surface area (Å²) in [6, 6.07) is 11.0. The van der Waals surface area contributed by atoms with Gasteiger partial charge in [0.05, 0.1) is 12.2 Å². The average Bonchev–Trinajstić information content (AvgIpc) is 2.53. The van der Waals surface area contributed by atoms with Crippen molar-refractivity contribution in [3.63, 3.8) is 0 Å². The van der Waals surface area contributed by atoms with Crippen LogP contribution in [-0.4, -0.2) is 24.6 Å². The number of benzene rings is 2. The van der Waals surface area contributed by atoms with Crippen LogP contribution in [0.25, 0.3) is 0 Å². The predicted octanol–water partition coefficient (Wildman–Crippen LogP) is 4.95. The molecule has 0 aliphatic heterocycles. The van der Waals surface area contributed by atoms with Crippen molar-refractivity contribution >= 4 is 29.0 Å². The highest BCUT2D eigenvalue weighted by Gasteiger charge is 2.31. The van der Waals surface area contributed by atoms with E-state index in [-0.39, 0.29) is 22.8 Å². The number of nitrogens with one attached hydrogen (secondary N) is 2. The van der Waals surface area contributed by atoms with Gasteiger partial charge in [0.1, 0.15) is 5.75 Å². The highest BCUT2D eigenvalue weighted by atomic mass is 32.2. The van der Waals surface area contributed by atoms with Crippen LogP contribution in [0.2, 0.25) is 0 Å². The largest absolute Gasteiger partial charge is 0.573 e. The summed E-state index contributed by atoms with van der Waals surface area (Å²) in [5.74, 6) is -3.61. The number of ether oxygens (including phenoxy) is 1. The molecule has 2 N–H and O–H groups in total. The zero-order valence-electron chi connectivity index (χ0n) is 13.0. The van der Waals surface area contributed by atoms with E-state index in [2.05, 4.69) is 15.4 Å². The van der Waals surface area contributed by atoms with Gasteiger partial charge in [-0.3, -0.25) is 4.79 Å². The first-order valence-electron chi connectivity index (χ1n) is 7.16. The number of thioether (sulfide) groups is 1. The van der Waals surface area contributed by atoms with Gasteiger partial charge >= 0.3 is 6.36 Å². The lowest BCUT2D eigenvalue weighted by atomic mass is 10.3. The third-order valence-corrected chi connectivity index (χ3v) is 3.69. The third-order valence-electron chi connectivity index (χ3n) is 2.90. The lowest BCUT2D eigenvalue weighted by Gasteiger charge is -2.12. The molecule has 140 valence electrons. The Morgan fingerprint density at radius 3 is 2.54 bits per heavy atom. The Morgan fingerprint density at radius 1 is 1.12 bits per heavy atom. The molecule has 0 unspecified atom stereocenters. The molecule has 1 amide bonds. The Bertz CT molecular complexity index is 755. The molecule has 0 bridgehead atoms. The van der Waals surface area contributed by atoms with Crippen molar-refractivity contribution in [1.82, 2.24) is 0 Å². The molecular formula is C16H13F5N2O2S. The molecule has 0 spiro atoms. The van der Waals surface area contributed by atoms with Crippen molar-refractivity contribution in [1.29, 1.82) is 0 Å². The molecular weight excluding hydrogens is 379 g/mol. The fourth-order valence-corrected chi connectivity index (χ4v) is 2.54. The Kier molecular flexibility index (Phi) is 6.67. The number of hydrogen-bond donors (Lipinski definition) is 2. The molecule has 2 aromatic rings. The van der Waals surface area contributed by atoms with Crippen molar-refractivity contribution in [3.05, 3.63) is 48.5 Å². The molecule has 0 radical (unpaired) electrons. The maximum atomic E-state index is 12.5. The van der Waals surface area contributed by atoms with Crippen molar-refractivity contribution in [3.8, 4) is 5.75 Å². The monoisotopic (exact) mass is 392 g/mol. The highest BCUT2D eigenvalue weighted by molar-refractivity contribution is 7.99. The molecule has 4 nitrogen and oxygen atoms in total. The summed E-state index contributed by atoms with van der Waals surface area (Å²) in [4.78, 5) is 12.2. The minimum Gasteiger partial charge on any atom is -0.406 e. The SMILES string of the molecule is O=C(CNc1cccc(OC(F)(F)F)c1)Nc1ccccc1SC(F)F. The summed E-state index contributed by atoms with van der Waals surface area (Å²) < 4.78 is 65.4. The molecule has 0 atom stereocenters. The Hall–Kier alpha value is -2.49. The Morgan fingerprint density at radius 2 is 1.85 bits per heavy atom. The van der Waals surface area contributed by atoms with E-state index in [1.807, 2.05) is 0 Å². The number of anilines is 2. The molecule has 2 rings (SSSR count). The van der Waals surface area contributed by atoms with Gasteiger partial charge in [-0.05, 0) is 24.3 Å². The van der Waals surface area contributed by atoms with Gasteiger partial charge in [-0.2, -0.15) is 8.78 Å². The molecule has 0 saturated heterocycles. The second-order valence-corrected chi connectivity index (χ2v) is 5.88. The van der Waals surface area contributed by atoms with Crippen molar-refractivity contribution < 1.29 is 31.5 Å². The molecule has 0 aromatic heterocycles. The lowest BCUT2D eigenvalue weighted by Crippen LogP contribution is -2.22. The molecule has 2 aromatic carbocycles. The summed E-state index contributed by atoms with van der Waals surface area (Å²) in [5.41, 5.74) is 0.455. The van der Waals surface area contributed by atoms with Crippen molar-refractivity contribution in [2.45, 2.75) is 17.0 Å². The van der Waals surface area contributed by atoms with Crippen LogP contribution >= 0.6 is 11.8 Å². The van der Waals surface area contributed by atoms with Crippen LogP contribution < -0.4 is 15.4 Å². The number of rotatable bonds is 7. The van der Waals surface area contributed by atoms with Crippen LogP contribution in [0.1, 0.15) is 0 Å². The normalized spacial score (nSPS) is 11.3. The molecule has 0 aliphatic carbocycles.